The molecule has 1 aromatic rings. The van der Waals surface area contributed by atoms with Gasteiger partial charge in [0.2, 0.25) is 11.8 Å². The highest BCUT2D eigenvalue weighted by molar-refractivity contribution is 5.89. The number of amides is 2. The Balaban J connectivity index is 1.79. The minimum absolute atomic E-state index is 0.00758. The molecule has 1 atom stereocenters. The van der Waals surface area contributed by atoms with E-state index in [1.807, 2.05) is 17.0 Å². The minimum Gasteiger partial charge on any atom is -0.355 e. The molecule has 1 heterocycles. The highest BCUT2D eigenvalue weighted by Crippen LogP contribution is 2.19. The number of hydrogen-bond acceptors (Lipinski definition) is 2. The van der Waals surface area contributed by atoms with Gasteiger partial charge in [-0.1, -0.05) is 38.1 Å². The lowest BCUT2D eigenvalue weighted by molar-refractivity contribution is -0.129. The lowest BCUT2D eigenvalue weighted by Crippen LogP contribution is -2.35. The molecule has 22 heavy (non-hydrogen) atoms. The zero-order valence-electron chi connectivity index (χ0n) is 13.8. The number of rotatable bonds is 6. The van der Waals surface area contributed by atoms with E-state index in [0.717, 1.165) is 13.0 Å². The number of carbonyl (C=O) groups is 2. The molecule has 0 bridgehead atoms. The first-order chi connectivity index (χ1) is 10.5. The second-order valence-corrected chi connectivity index (χ2v) is 6.56. The van der Waals surface area contributed by atoms with Crippen molar-refractivity contribution in [2.75, 3.05) is 19.6 Å². The fourth-order valence-electron chi connectivity index (χ4n) is 2.92. The molecule has 4 heteroatoms. The zero-order valence-corrected chi connectivity index (χ0v) is 13.8. The molecule has 0 radical (unpaired) electrons. The molecule has 2 amide bonds. The third kappa shape index (κ3) is 4.33. The van der Waals surface area contributed by atoms with Gasteiger partial charge in [-0.15, -0.1) is 0 Å². The molecule has 1 aliphatic rings. The Morgan fingerprint density at radius 2 is 2.09 bits per heavy atom. The summed E-state index contributed by atoms with van der Waals surface area (Å²) in [5, 5.41) is 2.98. The molecule has 120 valence electrons. The molecule has 1 fully saturated rings. The van der Waals surface area contributed by atoms with Crippen molar-refractivity contribution in [1.82, 2.24) is 10.2 Å². The maximum absolute atomic E-state index is 12.2. The Bertz CT molecular complexity index is 540. The standard InChI is InChI=1S/C18H26N2O2/c1-13(2)11-20-12-16(10-17(20)21)18(22)19-9-8-15-7-5-4-6-14(15)3/h4-7,13,16H,8-12H2,1-3H3,(H,19,22)/t16-/m1/s1. The SMILES string of the molecule is Cc1ccccc1CCNC(=O)[C@@H]1CC(=O)N(CC(C)C)C1. The van der Waals surface area contributed by atoms with Gasteiger partial charge in [-0.05, 0) is 30.4 Å². The molecule has 4 nitrogen and oxygen atoms in total. The van der Waals surface area contributed by atoms with E-state index in [-0.39, 0.29) is 17.7 Å². The summed E-state index contributed by atoms with van der Waals surface area (Å²) in [5.41, 5.74) is 2.50. The lowest BCUT2D eigenvalue weighted by atomic mass is 10.1. The predicted molar refractivity (Wildman–Crippen MR) is 87.4 cm³/mol. The molecular formula is C18H26N2O2. The first-order valence-corrected chi connectivity index (χ1v) is 8.07. The fraction of sp³-hybridized carbons (Fsp3) is 0.556. The molecule has 1 saturated heterocycles. The van der Waals surface area contributed by atoms with Crippen LogP contribution in [0, 0.1) is 18.8 Å². The van der Waals surface area contributed by atoms with Gasteiger partial charge >= 0.3 is 0 Å². The maximum atomic E-state index is 12.2. The van der Waals surface area contributed by atoms with Crippen molar-refractivity contribution in [2.45, 2.75) is 33.6 Å². The molecule has 0 aromatic heterocycles. The number of aryl methyl sites for hydroxylation is 1. The van der Waals surface area contributed by atoms with Crippen LogP contribution in [0.1, 0.15) is 31.4 Å². The summed E-state index contributed by atoms with van der Waals surface area (Å²) in [6.07, 6.45) is 1.18. The van der Waals surface area contributed by atoms with Crippen LogP contribution in [0.4, 0.5) is 0 Å². The first-order valence-electron chi connectivity index (χ1n) is 8.07. The van der Waals surface area contributed by atoms with Crippen molar-refractivity contribution in [1.29, 1.82) is 0 Å². The molecule has 2 rings (SSSR count). The summed E-state index contributed by atoms with van der Waals surface area (Å²) in [6, 6.07) is 8.20. The topological polar surface area (TPSA) is 49.4 Å². The van der Waals surface area contributed by atoms with E-state index in [4.69, 9.17) is 0 Å². The second-order valence-electron chi connectivity index (χ2n) is 6.56. The number of nitrogens with zero attached hydrogens (tertiary/aromatic N) is 1. The van der Waals surface area contributed by atoms with E-state index < -0.39 is 0 Å². The lowest BCUT2D eigenvalue weighted by Gasteiger charge is -2.18. The summed E-state index contributed by atoms with van der Waals surface area (Å²) < 4.78 is 0. The highest BCUT2D eigenvalue weighted by atomic mass is 16.2. The second kappa shape index (κ2) is 7.43. The summed E-state index contributed by atoms with van der Waals surface area (Å²) in [7, 11) is 0. The van der Waals surface area contributed by atoms with E-state index in [0.29, 0.717) is 25.4 Å². The summed E-state index contributed by atoms with van der Waals surface area (Å²) in [6.45, 7) is 8.18. The van der Waals surface area contributed by atoms with Crippen molar-refractivity contribution < 1.29 is 9.59 Å². The number of likely N-dealkylation sites (tertiary alicyclic amines) is 1. The molecule has 1 aliphatic heterocycles. The molecular weight excluding hydrogens is 276 g/mol. The van der Waals surface area contributed by atoms with Crippen LogP contribution in [0.15, 0.2) is 24.3 Å². The molecule has 1 aromatic carbocycles. The Morgan fingerprint density at radius 3 is 2.77 bits per heavy atom. The van der Waals surface area contributed by atoms with Crippen molar-refractivity contribution in [3.8, 4) is 0 Å². The van der Waals surface area contributed by atoms with Crippen LogP contribution >= 0.6 is 0 Å². The Kier molecular flexibility index (Phi) is 5.58. The van der Waals surface area contributed by atoms with Gasteiger partial charge < -0.3 is 10.2 Å². The van der Waals surface area contributed by atoms with Gasteiger partial charge in [0.1, 0.15) is 0 Å². The third-order valence-electron chi connectivity index (χ3n) is 4.13. The van der Waals surface area contributed by atoms with E-state index in [9.17, 15) is 9.59 Å². The molecule has 0 saturated carbocycles. The number of nitrogens with one attached hydrogen (secondary N) is 1. The van der Waals surface area contributed by atoms with Crippen molar-refractivity contribution in [2.24, 2.45) is 11.8 Å². The monoisotopic (exact) mass is 302 g/mol. The van der Waals surface area contributed by atoms with Gasteiger partial charge in [0.25, 0.3) is 0 Å². The average Bonchev–Trinajstić information content (AvgIpc) is 2.81. The fourth-order valence-corrected chi connectivity index (χ4v) is 2.92. The third-order valence-corrected chi connectivity index (χ3v) is 4.13. The van der Waals surface area contributed by atoms with Crippen molar-refractivity contribution in [3.05, 3.63) is 35.4 Å². The average molecular weight is 302 g/mol. The van der Waals surface area contributed by atoms with Crippen LogP contribution in [0.3, 0.4) is 0 Å². The normalized spacial score (nSPS) is 18.1. The highest BCUT2D eigenvalue weighted by Gasteiger charge is 2.34. The van der Waals surface area contributed by atoms with Gasteiger partial charge in [-0.3, -0.25) is 9.59 Å². The van der Waals surface area contributed by atoms with Gasteiger partial charge in [0.15, 0.2) is 0 Å². The van der Waals surface area contributed by atoms with Gasteiger partial charge in [0.05, 0.1) is 5.92 Å². The van der Waals surface area contributed by atoms with Crippen LogP contribution < -0.4 is 5.32 Å². The van der Waals surface area contributed by atoms with Crippen LogP contribution in [-0.4, -0.2) is 36.3 Å². The molecule has 0 aliphatic carbocycles. The van der Waals surface area contributed by atoms with Crippen LogP contribution in [-0.2, 0) is 16.0 Å². The Labute approximate surface area is 132 Å². The maximum Gasteiger partial charge on any atom is 0.225 e. The van der Waals surface area contributed by atoms with E-state index in [1.165, 1.54) is 11.1 Å². The number of hydrogen-bond donors (Lipinski definition) is 1. The van der Waals surface area contributed by atoms with Gasteiger partial charge in [-0.25, -0.2) is 0 Å². The van der Waals surface area contributed by atoms with Crippen molar-refractivity contribution >= 4 is 11.8 Å². The van der Waals surface area contributed by atoms with E-state index >= 15 is 0 Å². The van der Waals surface area contributed by atoms with Crippen LogP contribution in [0.2, 0.25) is 0 Å². The summed E-state index contributed by atoms with van der Waals surface area (Å²) >= 11 is 0. The van der Waals surface area contributed by atoms with Crippen LogP contribution in [0.25, 0.3) is 0 Å². The van der Waals surface area contributed by atoms with E-state index in [2.05, 4.69) is 38.2 Å². The number of benzene rings is 1. The summed E-state index contributed by atoms with van der Waals surface area (Å²) in [5.74, 6) is 0.357. The molecule has 1 N–H and O–H groups in total. The van der Waals surface area contributed by atoms with Crippen molar-refractivity contribution in [3.63, 3.8) is 0 Å². The largest absolute Gasteiger partial charge is 0.355 e. The number of carbonyl (C=O) groups excluding carboxylic acids is 2. The Hall–Kier alpha value is -1.84. The first kappa shape index (κ1) is 16.5. The molecule has 0 spiro atoms. The molecule has 0 unspecified atom stereocenters. The predicted octanol–water partition coefficient (Wildman–Crippen LogP) is 2.16. The Morgan fingerprint density at radius 1 is 1.36 bits per heavy atom. The zero-order chi connectivity index (χ0) is 16.1. The summed E-state index contributed by atoms with van der Waals surface area (Å²) in [4.78, 5) is 25.9. The quantitative estimate of drug-likeness (QED) is 0.875. The van der Waals surface area contributed by atoms with Crippen LogP contribution in [0.5, 0.6) is 0 Å². The van der Waals surface area contributed by atoms with Gasteiger partial charge in [0, 0.05) is 26.1 Å². The minimum atomic E-state index is -0.192. The van der Waals surface area contributed by atoms with E-state index in [1.54, 1.807) is 0 Å². The van der Waals surface area contributed by atoms with Gasteiger partial charge in [-0.2, -0.15) is 0 Å². The smallest absolute Gasteiger partial charge is 0.225 e.